The molecule has 8 nitrogen and oxygen atoms in total. The summed E-state index contributed by atoms with van der Waals surface area (Å²) in [5.41, 5.74) is 3.29. The molecule has 37 heavy (non-hydrogen) atoms. The molecule has 0 saturated heterocycles. The van der Waals surface area contributed by atoms with Gasteiger partial charge in [0.15, 0.2) is 5.82 Å². The predicted molar refractivity (Wildman–Crippen MR) is 143 cm³/mol. The molecule has 184 valence electrons. The molecule has 0 bridgehead atoms. The number of aryl methyl sites for hydroxylation is 2. The lowest BCUT2D eigenvalue weighted by atomic mass is 10.1. The molecular weight excluding hydrogens is 464 g/mol. The second-order valence-corrected chi connectivity index (χ2v) is 9.30. The molecule has 0 spiro atoms. The van der Waals surface area contributed by atoms with Crippen LogP contribution in [0.25, 0.3) is 28.0 Å². The average Bonchev–Trinajstić information content (AvgIpc) is 3.17. The van der Waals surface area contributed by atoms with Crippen molar-refractivity contribution in [1.82, 2.24) is 24.3 Å². The van der Waals surface area contributed by atoms with E-state index in [4.69, 9.17) is 0 Å². The van der Waals surface area contributed by atoms with E-state index in [-0.39, 0.29) is 11.5 Å². The number of carbonyl (C=O) groups is 1. The second-order valence-electron chi connectivity index (χ2n) is 9.30. The van der Waals surface area contributed by atoms with Crippen LogP contribution >= 0.6 is 0 Å². The molecule has 1 aliphatic rings. The highest BCUT2D eigenvalue weighted by molar-refractivity contribution is 6.04. The summed E-state index contributed by atoms with van der Waals surface area (Å²) in [6, 6.07) is 21.9. The van der Waals surface area contributed by atoms with Gasteiger partial charge in [-0.15, -0.1) is 10.2 Å². The van der Waals surface area contributed by atoms with Crippen molar-refractivity contribution in [3.63, 3.8) is 0 Å². The highest BCUT2D eigenvalue weighted by Gasteiger charge is 2.17. The fourth-order valence-corrected chi connectivity index (χ4v) is 4.95. The van der Waals surface area contributed by atoms with Crippen LogP contribution in [0.1, 0.15) is 41.3 Å². The molecule has 1 N–H and O–H groups in total. The van der Waals surface area contributed by atoms with E-state index in [1.807, 2.05) is 42.5 Å². The van der Waals surface area contributed by atoms with Gasteiger partial charge in [-0.3, -0.25) is 14.2 Å². The topological polar surface area (TPSA) is 94.7 Å². The number of aromatic nitrogens is 5. The highest BCUT2D eigenvalue weighted by atomic mass is 16.1. The van der Waals surface area contributed by atoms with Crippen molar-refractivity contribution in [2.24, 2.45) is 0 Å². The van der Waals surface area contributed by atoms with Crippen molar-refractivity contribution < 1.29 is 4.79 Å². The third-order valence-electron chi connectivity index (χ3n) is 6.82. The van der Waals surface area contributed by atoms with Gasteiger partial charge in [0.05, 0.1) is 16.6 Å². The maximum absolute atomic E-state index is 13.1. The number of hydrogen-bond acceptors (Lipinski definition) is 5. The smallest absolute Gasteiger partial charge is 0.265 e. The quantitative estimate of drug-likeness (QED) is 0.385. The van der Waals surface area contributed by atoms with Crippen LogP contribution in [0, 0.1) is 6.92 Å². The molecule has 6 rings (SSSR count). The lowest BCUT2D eigenvalue weighted by molar-refractivity contribution is 0.102. The number of carbonyl (C=O) groups excluding carboxylic acids is 1. The van der Waals surface area contributed by atoms with Gasteiger partial charge in [-0.2, -0.15) is 0 Å². The molecule has 3 heterocycles. The SMILES string of the molecule is Cc1nc2ccccc2c(=O)n1-c1ccc(C(=O)Nc2cccc(-c3nnc4n3CCCCC4)c2)cc1. The Bertz CT molecular complexity index is 1680. The Hall–Kier alpha value is -4.59. The Balaban J connectivity index is 1.24. The van der Waals surface area contributed by atoms with E-state index in [1.165, 1.54) is 6.42 Å². The van der Waals surface area contributed by atoms with Gasteiger partial charge in [0, 0.05) is 29.8 Å². The number of amides is 1. The van der Waals surface area contributed by atoms with E-state index in [9.17, 15) is 9.59 Å². The lowest BCUT2D eigenvalue weighted by Gasteiger charge is -2.12. The number of anilines is 1. The maximum Gasteiger partial charge on any atom is 0.265 e. The number of para-hydroxylation sites is 1. The summed E-state index contributed by atoms with van der Waals surface area (Å²) in [6.07, 6.45) is 4.40. The Morgan fingerprint density at radius 2 is 1.76 bits per heavy atom. The normalized spacial score (nSPS) is 13.2. The van der Waals surface area contributed by atoms with E-state index in [2.05, 4.69) is 25.1 Å². The first-order chi connectivity index (χ1) is 18.1. The lowest BCUT2D eigenvalue weighted by Crippen LogP contribution is -2.22. The summed E-state index contributed by atoms with van der Waals surface area (Å²) in [5.74, 6) is 2.22. The van der Waals surface area contributed by atoms with Gasteiger partial charge < -0.3 is 9.88 Å². The summed E-state index contributed by atoms with van der Waals surface area (Å²) in [5, 5.41) is 12.4. The van der Waals surface area contributed by atoms with Crippen molar-refractivity contribution in [2.75, 3.05) is 5.32 Å². The Kier molecular flexibility index (Phi) is 5.84. The molecule has 5 aromatic rings. The molecule has 2 aromatic heterocycles. The monoisotopic (exact) mass is 490 g/mol. The molecule has 1 amide bonds. The van der Waals surface area contributed by atoms with E-state index >= 15 is 0 Å². The first-order valence-electron chi connectivity index (χ1n) is 12.5. The van der Waals surface area contributed by atoms with Crippen molar-refractivity contribution in [3.8, 4) is 17.1 Å². The van der Waals surface area contributed by atoms with Gasteiger partial charge >= 0.3 is 0 Å². The molecule has 0 radical (unpaired) electrons. The summed E-state index contributed by atoms with van der Waals surface area (Å²) in [7, 11) is 0. The molecule has 0 atom stereocenters. The zero-order chi connectivity index (χ0) is 25.4. The zero-order valence-corrected chi connectivity index (χ0v) is 20.5. The van der Waals surface area contributed by atoms with E-state index in [0.717, 1.165) is 43.0 Å². The van der Waals surface area contributed by atoms with E-state index in [0.29, 0.717) is 33.7 Å². The Morgan fingerprint density at radius 1 is 0.919 bits per heavy atom. The molecule has 0 aliphatic carbocycles. The molecule has 1 aliphatic heterocycles. The number of fused-ring (bicyclic) bond motifs is 2. The first-order valence-corrected chi connectivity index (χ1v) is 12.5. The summed E-state index contributed by atoms with van der Waals surface area (Å²) >= 11 is 0. The molecule has 8 heteroatoms. The van der Waals surface area contributed by atoms with Crippen molar-refractivity contribution in [1.29, 1.82) is 0 Å². The first kappa shape index (κ1) is 22.8. The van der Waals surface area contributed by atoms with Crippen LogP contribution in [0.2, 0.25) is 0 Å². The van der Waals surface area contributed by atoms with Crippen LogP contribution in [-0.4, -0.2) is 30.2 Å². The maximum atomic E-state index is 13.1. The van der Waals surface area contributed by atoms with Gasteiger partial charge in [-0.25, -0.2) is 4.98 Å². The molecule has 0 saturated carbocycles. The summed E-state index contributed by atoms with van der Waals surface area (Å²) in [4.78, 5) is 30.7. The fourth-order valence-electron chi connectivity index (χ4n) is 4.95. The van der Waals surface area contributed by atoms with Crippen molar-refractivity contribution in [2.45, 2.75) is 39.2 Å². The van der Waals surface area contributed by atoms with Crippen LogP contribution in [0.3, 0.4) is 0 Å². The molecule has 3 aromatic carbocycles. The zero-order valence-electron chi connectivity index (χ0n) is 20.5. The van der Waals surface area contributed by atoms with Crippen LogP contribution < -0.4 is 10.9 Å². The van der Waals surface area contributed by atoms with Crippen LogP contribution in [0.4, 0.5) is 5.69 Å². The molecule has 0 fully saturated rings. The third-order valence-corrected chi connectivity index (χ3v) is 6.82. The van der Waals surface area contributed by atoms with Gasteiger partial charge in [-0.05, 0) is 68.3 Å². The molecule has 0 unspecified atom stereocenters. The standard InChI is InChI=1S/C29H26N6O2/c1-19-30-25-11-5-4-10-24(25)29(37)35(19)23-15-13-20(14-16-23)28(36)31-22-9-7-8-21(18-22)27-33-32-26-12-3-2-6-17-34(26)27/h4-5,7-11,13-16,18H,2-3,6,12,17H2,1H3,(H,31,36). The minimum Gasteiger partial charge on any atom is -0.322 e. The second kappa shape index (κ2) is 9.46. The number of rotatable bonds is 4. The van der Waals surface area contributed by atoms with Gasteiger partial charge in [-0.1, -0.05) is 30.7 Å². The number of nitrogens with one attached hydrogen (secondary N) is 1. The Labute approximate surface area is 213 Å². The molecular formula is C29H26N6O2. The van der Waals surface area contributed by atoms with E-state index in [1.54, 1.807) is 41.8 Å². The Morgan fingerprint density at radius 3 is 2.62 bits per heavy atom. The van der Waals surface area contributed by atoms with Crippen molar-refractivity contribution in [3.05, 3.63) is 100 Å². The van der Waals surface area contributed by atoms with Crippen LogP contribution in [-0.2, 0) is 13.0 Å². The van der Waals surface area contributed by atoms with Crippen LogP contribution in [0.15, 0.2) is 77.6 Å². The van der Waals surface area contributed by atoms with E-state index < -0.39 is 0 Å². The fraction of sp³-hybridized carbons (Fsp3) is 0.207. The minimum absolute atomic E-state index is 0.136. The predicted octanol–water partition coefficient (Wildman–Crippen LogP) is 4.93. The summed E-state index contributed by atoms with van der Waals surface area (Å²) < 4.78 is 3.76. The van der Waals surface area contributed by atoms with Gasteiger partial charge in [0.2, 0.25) is 0 Å². The number of benzene rings is 3. The average molecular weight is 491 g/mol. The van der Waals surface area contributed by atoms with Gasteiger partial charge in [0.1, 0.15) is 11.6 Å². The number of hydrogen-bond donors (Lipinski definition) is 1. The summed E-state index contributed by atoms with van der Waals surface area (Å²) in [6.45, 7) is 2.71. The minimum atomic E-state index is -0.232. The van der Waals surface area contributed by atoms with Crippen molar-refractivity contribution >= 4 is 22.5 Å². The number of nitrogens with zero attached hydrogens (tertiary/aromatic N) is 5. The van der Waals surface area contributed by atoms with Crippen LogP contribution in [0.5, 0.6) is 0 Å². The third kappa shape index (κ3) is 4.31. The highest BCUT2D eigenvalue weighted by Crippen LogP contribution is 2.25. The van der Waals surface area contributed by atoms with Gasteiger partial charge in [0.25, 0.3) is 11.5 Å². The largest absolute Gasteiger partial charge is 0.322 e.